The van der Waals surface area contributed by atoms with E-state index in [2.05, 4.69) is 25.3 Å². The molecule has 0 bridgehead atoms. The van der Waals surface area contributed by atoms with Gasteiger partial charge in [0.25, 0.3) is 6.23 Å². The fraction of sp³-hybridized carbons (Fsp3) is 0.370. The number of carboxylic acids is 1. The van der Waals surface area contributed by atoms with Gasteiger partial charge in [0, 0.05) is 12.1 Å². The second kappa shape index (κ2) is 15.1. The summed E-state index contributed by atoms with van der Waals surface area (Å²) in [6, 6.07) is 9.84. The molecule has 3 unspecified atom stereocenters. The van der Waals surface area contributed by atoms with Gasteiger partial charge < -0.3 is 60.3 Å². The van der Waals surface area contributed by atoms with Crippen molar-refractivity contribution < 1.29 is 91.0 Å². The van der Waals surface area contributed by atoms with Crippen LogP contribution >= 0.6 is 23.2 Å². The fourth-order valence-corrected chi connectivity index (χ4v) is 9.06. The lowest BCUT2D eigenvalue weighted by Crippen LogP contribution is -2.45. The zero-order valence-electron chi connectivity index (χ0n) is 27.0. The van der Waals surface area contributed by atoms with E-state index >= 15 is 0 Å². The number of carboxylic acid groups (broad SMARTS) is 1. The number of phosphoric ester groups is 2. The van der Waals surface area contributed by atoms with Crippen molar-refractivity contribution in [2.75, 3.05) is 12.3 Å². The quantitative estimate of drug-likeness (QED) is 0.0545. The predicted molar refractivity (Wildman–Crippen MR) is 173 cm³/mol. The minimum Gasteiger partial charge on any atom is -0.478 e. The highest BCUT2D eigenvalue weighted by atomic mass is 31.3. The lowest BCUT2D eigenvalue weighted by atomic mass is 10.0. The lowest BCUT2D eigenvalue weighted by Gasteiger charge is -2.25. The molecule has 0 aliphatic carbocycles. The van der Waals surface area contributed by atoms with Crippen LogP contribution in [0.3, 0.4) is 0 Å². The number of benzene rings is 1. The molecule has 2 aliphatic heterocycles. The largest absolute Gasteiger partial charge is 0.479 e. The third-order valence-electron chi connectivity index (χ3n) is 8.31. The molecule has 0 amide bonds. The molecule has 4 aromatic rings. The maximum atomic E-state index is 13.1. The topological polar surface area (TPSA) is 370 Å². The van der Waals surface area contributed by atoms with Crippen molar-refractivity contribution in [3.05, 3.63) is 67.0 Å². The Hall–Kier alpha value is -3.64. The minimum atomic E-state index is -5.72. The number of aromatic carboxylic acids is 1. The summed E-state index contributed by atoms with van der Waals surface area (Å²) in [5.41, 5.74) is 6.51. The van der Waals surface area contributed by atoms with Crippen LogP contribution < -0.4 is 10.3 Å². The normalized spacial score (nSPS) is 28.8. The maximum Gasteiger partial charge on any atom is 0.479 e. The number of hydrogen-bond acceptors (Lipinski definition) is 17. The summed E-state index contributed by atoms with van der Waals surface area (Å²) in [5, 5.41) is 52.3. The number of aromatic nitrogens is 5. The van der Waals surface area contributed by atoms with E-state index < -0.39 is 90.7 Å². The molecule has 2 saturated heterocycles. The first-order valence-electron chi connectivity index (χ1n) is 15.2. The van der Waals surface area contributed by atoms with Gasteiger partial charge >= 0.3 is 29.2 Å². The first-order valence-corrected chi connectivity index (χ1v) is 19.9. The van der Waals surface area contributed by atoms with Gasteiger partial charge in [-0.25, -0.2) is 33.2 Å². The molecule has 24 nitrogen and oxygen atoms in total. The van der Waals surface area contributed by atoms with E-state index in [0.29, 0.717) is 11.1 Å². The van der Waals surface area contributed by atoms with Gasteiger partial charge in [-0.2, -0.15) is 4.57 Å². The van der Waals surface area contributed by atoms with Gasteiger partial charge in [0.15, 0.2) is 42.0 Å². The molecular weight excluding hydrogens is 789 g/mol. The number of aliphatic hydroxyl groups excluding tert-OH is 4. The summed E-state index contributed by atoms with van der Waals surface area (Å²) in [5.74, 6) is -4.05. The molecule has 0 saturated carbocycles. The van der Waals surface area contributed by atoms with E-state index in [0.717, 1.165) is 17.2 Å². The van der Waals surface area contributed by atoms with Crippen LogP contribution in [-0.4, -0.2) is 120 Å². The number of nitrogen functional groups attached to an aromatic ring is 1. The average Bonchev–Trinajstić information content (AvgIpc) is 3.76. The summed E-state index contributed by atoms with van der Waals surface area (Å²) in [6.07, 6.45) is -9.94. The Morgan fingerprint density at radius 1 is 1.02 bits per heavy atom. The molecule has 11 atom stereocenters. The highest BCUT2D eigenvalue weighted by molar-refractivity contribution is 7.64. The third kappa shape index (κ3) is 8.15. The van der Waals surface area contributed by atoms with E-state index in [9.17, 15) is 63.6 Å². The number of anilines is 1. The van der Waals surface area contributed by atoms with Crippen molar-refractivity contribution in [2.45, 2.75) is 54.9 Å². The predicted octanol–water partition coefficient (Wildman–Crippen LogP) is -1.45. The van der Waals surface area contributed by atoms with Crippen LogP contribution in [0, 0.1) is 6.07 Å². The molecule has 291 valence electrons. The van der Waals surface area contributed by atoms with Crippen LogP contribution in [0.25, 0.3) is 22.3 Å². The smallest absolute Gasteiger partial charge is 0.478 e. The first-order chi connectivity index (χ1) is 25.3. The molecule has 1 radical (unpaired) electrons. The van der Waals surface area contributed by atoms with Crippen molar-refractivity contribution in [3.63, 3.8) is 0 Å². The molecule has 27 heteroatoms. The molecule has 2 fully saturated rings. The number of rotatable bonds is 13. The number of nitrogens with zero attached hydrogens (tertiary/aromatic N) is 5. The number of aliphatic hydroxyl groups is 4. The number of pyridine rings is 1. The molecule has 11 N–H and O–H groups in total. The van der Waals surface area contributed by atoms with Crippen LogP contribution in [0.4, 0.5) is 5.82 Å². The van der Waals surface area contributed by atoms with Gasteiger partial charge in [0.05, 0.1) is 18.5 Å². The monoisotopic (exact) mass is 820 g/mol. The van der Waals surface area contributed by atoms with E-state index in [-0.39, 0.29) is 22.5 Å². The standard InChI is InChI=1S/C27H30N6O18P3/c28-22-16-23(30-10-29-22)33(11-31-16)25-20(50-53(42,43)44)17(34)15(48-25)9-47-54(45,46)51-52(40,41)27(39)21-18(35)19(36)24(49-21)32-7-5-12(6-8-32)13-3-1-2-4-14(13)26(37)38/h1,3-8,10-11,15,17-21,24-25,27,34-36,39H,9H2,(H6-,28,29,30,37,38,40,41,42,43,44,45,46)/p+1/t15-,17-,18+,19-,20-,21-,24-,25-,27?/m1/s1. The number of phosphoric acid groups is 2. The van der Waals surface area contributed by atoms with Gasteiger partial charge in [0.1, 0.15) is 42.4 Å². The molecule has 2 aliphatic rings. The number of fused-ring (bicyclic) bond motifs is 1. The van der Waals surface area contributed by atoms with Crippen LogP contribution in [0.2, 0.25) is 0 Å². The second-order valence-corrected chi connectivity index (χ2v) is 16.5. The molecule has 0 spiro atoms. The second-order valence-electron chi connectivity index (χ2n) is 11.8. The average molecular weight is 820 g/mol. The van der Waals surface area contributed by atoms with E-state index in [1.807, 2.05) is 0 Å². The van der Waals surface area contributed by atoms with Crippen LogP contribution in [0.5, 0.6) is 0 Å². The fourth-order valence-electron chi connectivity index (χ4n) is 5.81. The van der Waals surface area contributed by atoms with Gasteiger partial charge in [0.2, 0.25) is 0 Å². The molecule has 1 aromatic carbocycles. The molecule has 5 heterocycles. The van der Waals surface area contributed by atoms with Gasteiger partial charge in [-0.1, -0.05) is 12.1 Å². The molecule has 3 aromatic heterocycles. The highest BCUT2D eigenvalue weighted by Crippen LogP contribution is 2.63. The number of ether oxygens (including phenoxy) is 2. The van der Waals surface area contributed by atoms with Crippen molar-refractivity contribution in [3.8, 4) is 11.1 Å². The summed E-state index contributed by atoms with van der Waals surface area (Å²) in [7, 11) is -16.7. The molecular formula is C27H31N6O18P3+. The third-order valence-corrected chi connectivity index (χ3v) is 12.0. The van der Waals surface area contributed by atoms with Gasteiger partial charge in [-0.15, -0.1) is 0 Å². The Morgan fingerprint density at radius 2 is 1.72 bits per heavy atom. The number of nitrogens with two attached hydrogens (primary N) is 1. The summed E-state index contributed by atoms with van der Waals surface area (Å²) >= 11 is 0. The number of imidazole rings is 1. The van der Waals surface area contributed by atoms with Gasteiger partial charge in [-0.3, -0.25) is 18.2 Å². The zero-order chi connectivity index (χ0) is 39.3. The van der Waals surface area contributed by atoms with Crippen LogP contribution in [0.15, 0.2) is 55.4 Å². The Labute approximate surface area is 302 Å². The Morgan fingerprint density at radius 3 is 2.39 bits per heavy atom. The van der Waals surface area contributed by atoms with Crippen molar-refractivity contribution in [2.24, 2.45) is 0 Å². The zero-order valence-corrected chi connectivity index (χ0v) is 29.6. The maximum absolute atomic E-state index is 13.1. The van der Waals surface area contributed by atoms with Crippen LogP contribution in [-0.2, 0) is 36.5 Å². The van der Waals surface area contributed by atoms with Gasteiger partial charge in [-0.05, 0) is 23.3 Å². The number of carbonyl (C=O) groups is 1. The summed E-state index contributed by atoms with van der Waals surface area (Å²) < 4.78 is 64.7. The van der Waals surface area contributed by atoms with E-state index in [1.165, 1.54) is 47.3 Å². The molecule has 54 heavy (non-hydrogen) atoms. The molecule has 6 rings (SSSR count). The van der Waals surface area contributed by atoms with Crippen molar-refractivity contribution >= 4 is 46.2 Å². The van der Waals surface area contributed by atoms with E-state index in [1.54, 1.807) is 0 Å². The summed E-state index contributed by atoms with van der Waals surface area (Å²) in [4.78, 5) is 63.0. The SMILES string of the molecule is Nc1ncnc2c1ncn2[C@@H]1O[C@H](COP(=O)(O)OP(=O)(O)C(O)[C@@H]2O[C@@H]([n+]3ccc(-c4cc[c]cc4C(=O)O)cc3)[C@H](O)[C@@H]2O)[C@@H](O)[C@H]1OP(=O)(O)O. The van der Waals surface area contributed by atoms with Crippen molar-refractivity contribution in [1.29, 1.82) is 0 Å². The minimum absolute atomic E-state index is 0.0218. The Balaban J connectivity index is 1.12. The Bertz CT molecular complexity index is 2170. The van der Waals surface area contributed by atoms with E-state index in [4.69, 9.17) is 24.3 Å². The lowest BCUT2D eigenvalue weighted by molar-refractivity contribution is -0.765. The van der Waals surface area contributed by atoms with Crippen molar-refractivity contribution in [1.82, 2.24) is 19.5 Å². The Kier molecular flexibility index (Phi) is 11.2. The summed E-state index contributed by atoms with van der Waals surface area (Å²) in [6.45, 7) is -1.14. The van der Waals surface area contributed by atoms with Crippen LogP contribution in [0.1, 0.15) is 22.8 Å². The first kappa shape index (κ1) is 40.0. The number of hydrogen-bond donors (Lipinski definition) is 10. The highest BCUT2D eigenvalue weighted by Gasteiger charge is 2.57.